The van der Waals surface area contributed by atoms with Gasteiger partial charge in [-0.15, -0.1) is 0 Å². The first kappa shape index (κ1) is 13.9. The average Bonchev–Trinajstić information content (AvgIpc) is 2.30. The lowest BCUT2D eigenvalue weighted by atomic mass is 10.0. The summed E-state index contributed by atoms with van der Waals surface area (Å²) in [5, 5.41) is 0.188. The lowest BCUT2D eigenvalue weighted by Crippen LogP contribution is -2.09. The summed E-state index contributed by atoms with van der Waals surface area (Å²) in [4.78, 5) is 12.0. The van der Waals surface area contributed by atoms with Crippen LogP contribution in [0.4, 0.5) is 13.2 Å². The number of rotatable bonds is 2. The normalized spacial score (nSPS) is 10.6. The Bertz CT molecular complexity index is 648. The van der Waals surface area contributed by atoms with Crippen LogP contribution in [0, 0.1) is 17.5 Å². The molecule has 0 saturated heterocycles. The first-order valence-corrected chi connectivity index (χ1v) is 5.80. The van der Waals surface area contributed by atoms with Gasteiger partial charge >= 0.3 is 0 Å². The van der Waals surface area contributed by atoms with Crippen LogP contribution in [-0.4, -0.2) is 5.78 Å². The summed E-state index contributed by atoms with van der Waals surface area (Å²) >= 11 is 11.5. The van der Waals surface area contributed by atoms with Crippen molar-refractivity contribution in [3.05, 3.63) is 69.0 Å². The number of ketones is 1. The lowest BCUT2D eigenvalue weighted by molar-refractivity contribution is 0.103. The zero-order valence-corrected chi connectivity index (χ0v) is 10.7. The molecule has 0 bridgehead atoms. The van der Waals surface area contributed by atoms with Gasteiger partial charge in [0.05, 0.1) is 10.6 Å². The largest absolute Gasteiger partial charge is 0.288 e. The topological polar surface area (TPSA) is 17.1 Å². The Hall–Kier alpha value is -1.52. The number of halogens is 5. The number of benzene rings is 2. The fraction of sp³-hybridized carbons (Fsp3) is 0. The summed E-state index contributed by atoms with van der Waals surface area (Å²) in [6.07, 6.45) is 0. The molecule has 0 radical (unpaired) electrons. The van der Waals surface area contributed by atoms with Gasteiger partial charge in [0.25, 0.3) is 0 Å². The molecule has 0 saturated carbocycles. The lowest BCUT2D eigenvalue weighted by Gasteiger charge is -2.07. The van der Waals surface area contributed by atoms with Gasteiger partial charge in [0.15, 0.2) is 5.78 Å². The third-order valence-corrected chi connectivity index (χ3v) is 2.97. The number of hydrogen-bond acceptors (Lipinski definition) is 1. The molecule has 2 rings (SSSR count). The quantitative estimate of drug-likeness (QED) is 0.739. The van der Waals surface area contributed by atoms with E-state index in [-0.39, 0.29) is 15.6 Å². The fourth-order valence-electron chi connectivity index (χ4n) is 1.57. The average molecular weight is 305 g/mol. The van der Waals surface area contributed by atoms with Crippen LogP contribution in [0.1, 0.15) is 15.9 Å². The molecule has 0 spiro atoms. The third-order valence-electron chi connectivity index (χ3n) is 2.41. The molecule has 0 heterocycles. The van der Waals surface area contributed by atoms with Crippen molar-refractivity contribution < 1.29 is 18.0 Å². The predicted octanol–water partition coefficient (Wildman–Crippen LogP) is 4.64. The van der Waals surface area contributed by atoms with Gasteiger partial charge < -0.3 is 0 Å². The summed E-state index contributed by atoms with van der Waals surface area (Å²) in [5.41, 5.74) is -1.02. The van der Waals surface area contributed by atoms with Crippen LogP contribution in [0.2, 0.25) is 10.0 Å². The molecule has 0 aliphatic carbocycles. The Morgan fingerprint density at radius 2 is 1.53 bits per heavy atom. The zero-order chi connectivity index (χ0) is 14.2. The van der Waals surface area contributed by atoms with E-state index in [0.717, 1.165) is 0 Å². The van der Waals surface area contributed by atoms with E-state index in [1.54, 1.807) is 0 Å². The zero-order valence-electron chi connectivity index (χ0n) is 9.18. The van der Waals surface area contributed by atoms with E-state index in [0.29, 0.717) is 12.1 Å². The molecule has 2 aromatic carbocycles. The number of carbonyl (C=O) groups is 1. The van der Waals surface area contributed by atoms with Crippen LogP contribution in [0.5, 0.6) is 0 Å². The highest BCUT2D eigenvalue weighted by Gasteiger charge is 2.22. The van der Waals surface area contributed by atoms with Gasteiger partial charge in [-0.25, -0.2) is 13.2 Å². The second-order valence-electron chi connectivity index (χ2n) is 3.70. The molecule has 2 aromatic rings. The van der Waals surface area contributed by atoms with Gasteiger partial charge in [-0.2, -0.15) is 0 Å². The highest BCUT2D eigenvalue weighted by Crippen LogP contribution is 2.26. The second-order valence-corrected chi connectivity index (χ2v) is 4.54. The van der Waals surface area contributed by atoms with Crippen molar-refractivity contribution in [3.8, 4) is 0 Å². The maximum Gasteiger partial charge on any atom is 0.200 e. The van der Waals surface area contributed by atoms with Gasteiger partial charge in [-0.3, -0.25) is 4.79 Å². The Balaban J connectivity index is 2.59. The van der Waals surface area contributed by atoms with Gasteiger partial charge in [0.2, 0.25) is 0 Å². The Morgan fingerprint density at radius 3 is 2.11 bits per heavy atom. The van der Waals surface area contributed by atoms with E-state index in [1.165, 1.54) is 18.2 Å². The molecule has 6 heteroatoms. The van der Waals surface area contributed by atoms with Crippen LogP contribution >= 0.6 is 23.2 Å². The molecule has 0 unspecified atom stereocenters. The minimum atomic E-state index is -1.29. The van der Waals surface area contributed by atoms with Crippen LogP contribution in [0.3, 0.4) is 0 Å². The van der Waals surface area contributed by atoms with E-state index in [4.69, 9.17) is 23.2 Å². The van der Waals surface area contributed by atoms with Crippen LogP contribution in [-0.2, 0) is 0 Å². The van der Waals surface area contributed by atoms with Crippen LogP contribution in [0.25, 0.3) is 0 Å². The first-order chi connectivity index (χ1) is 8.90. The molecule has 98 valence electrons. The van der Waals surface area contributed by atoms with E-state index in [2.05, 4.69) is 0 Å². The van der Waals surface area contributed by atoms with Crippen molar-refractivity contribution in [2.75, 3.05) is 0 Å². The van der Waals surface area contributed by atoms with Crippen molar-refractivity contribution in [1.29, 1.82) is 0 Å². The van der Waals surface area contributed by atoms with Gasteiger partial charge in [0.1, 0.15) is 17.5 Å². The van der Waals surface area contributed by atoms with Gasteiger partial charge in [-0.1, -0.05) is 23.2 Å². The minimum Gasteiger partial charge on any atom is -0.288 e. The maximum absolute atomic E-state index is 13.5. The smallest absolute Gasteiger partial charge is 0.200 e. The summed E-state index contributed by atoms with van der Waals surface area (Å²) in [6, 6.07) is 4.80. The Labute approximate surface area is 116 Å². The second kappa shape index (κ2) is 5.23. The molecule has 0 fully saturated rings. The number of carbonyl (C=O) groups excluding carboxylic acids is 1. The van der Waals surface area contributed by atoms with Crippen LogP contribution in [0.15, 0.2) is 30.3 Å². The molecule has 19 heavy (non-hydrogen) atoms. The van der Waals surface area contributed by atoms with Crippen molar-refractivity contribution in [1.82, 2.24) is 0 Å². The SMILES string of the molecule is O=C(c1cc(Cl)ccc1Cl)c1c(F)cc(F)cc1F. The molecule has 0 N–H and O–H groups in total. The molecule has 0 aromatic heterocycles. The van der Waals surface area contributed by atoms with Gasteiger partial charge in [0, 0.05) is 22.7 Å². The first-order valence-electron chi connectivity index (χ1n) is 5.04. The van der Waals surface area contributed by atoms with Crippen LogP contribution < -0.4 is 0 Å². The maximum atomic E-state index is 13.5. The standard InChI is InChI=1S/C13H5Cl2F3O/c14-6-1-2-9(15)8(3-6)13(19)12-10(17)4-7(16)5-11(12)18/h1-5H. The molecular weight excluding hydrogens is 300 g/mol. The molecule has 1 nitrogen and oxygen atoms in total. The summed E-state index contributed by atoms with van der Waals surface area (Å²) < 4.78 is 39.8. The third kappa shape index (κ3) is 2.74. The van der Waals surface area contributed by atoms with Crippen molar-refractivity contribution >= 4 is 29.0 Å². The van der Waals surface area contributed by atoms with E-state index in [1.807, 2.05) is 0 Å². The number of hydrogen-bond donors (Lipinski definition) is 0. The summed E-state index contributed by atoms with van der Waals surface area (Å²) in [5.74, 6) is -4.69. The monoisotopic (exact) mass is 304 g/mol. The van der Waals surface area contributed by atoms with E-state index >= 15 is 0 Å². The summed E-state index contributed by atoms with van der Waals surface area (Å²) in [6.45, 7) is 0. The molecule has 0 amide bonds. The van der Waals surface area contributed by atoms with Gasteiger partial charge in [-0.05, 0) is 18.2 Å². The molecular formula is C13H5Cl2F3O. The van der Waals surface area contributed by atoms with Crippen molar-refractivity contribution in [3.63, 3.8) is 0 Å². The molecule has 0 aliphatic heterocycles. The van der Waals surface area contributed by atoms with E-state index < -0.39 is 28.8 Å². The minimum absolute atomic E-state index is 0.00229. The fourth-order valence-corrected chi connectivity index (χ4v) is 1.94. The predicted molar refractivity (Wildman–Crippen MR) is 66.2 cm³/mol. The van der Waals surface area contributed by atoms with E-state index in [9.17, 15) is 18.0 Å². The highest BCUT2D eigenvalue weighted by molar-refractivity contribution is 6.36. The van der Waals surface area contributed by atoms with Crippen molar-refractivity contribution in [2.45, 2.75) is 0 Å². The summed E-state index contributed by atoms with van der Waals surface area (Å²) in [7, 11) is 0. The Morgan fingerprint density at radius 1 is 0.947 bits per heavy atom. The molecule has 0 atom stereocenters. The molecule has 0 aliphatic rings. The van der Waals surface area contributed by atoms with Crippen molar-refractivity contribution in [2.24, 2.45) is 0 Å². The Kier molecular flexibility index (Phi) is 3.83. The highest BCUT2D eigenvalue weighted by atomic mass is 35.5.